The third-order valence-corrected chi connectivity index (χ3v) is 7.67. The second-order valence-electron chi connectivity index (χ2n) is 10.5. The molecule has 1 atom stereocenters. The van der Waals surface area contributed by atoms with E-state index in [1.54, 1.807) is 0 Å². The second kappa shape index (κ2) is 10.4. The molecule has 0 radical (unpaired) electrons. The van der Waals surface area contributed by atoms with E-state index < -0.39 is 0 Å². The summed E-state index contributed by atoms with van der Waals surface area (Å²) in [6, 6.07) is 13.1. The Kier molecular flexibility index (Phi) is 7.55. The van der Waals surface area contributed by atoms with Gasteiger partial charge in [0.2, 0.25) is 11.8 Å². The highest BCUT2D eigenvalue weighted by Crippen LogP contribution is 2.37. The molecule has 2 aromatic rings. The van der Waals surface area contributed by atoms with Crippen molar-refractivity contribution in [3.05, 3.63) is 57.8 Å². The van der Waals surface area contributed by atoms with Crippen LogP contribution in [0, 0.1) is 5.41 Å². The van der Waals surface area contributed by atoms with E-state index in [4.69, 9.17) is 0 Å². The van der Waals surface area contributed by atoms with Crippen molar-refractivity contribution in [3.63, 3.8) is 0 Å². The van der Waals surface area contributed by atoms with Crippen LogP contribution in [0.15, 0.2) is 41.8 Å². The molecule has 0 bridgehead atoms. The second-order valence-corrected chi connectivity index (χ2v) is 11.5. The Morgan fingerprint density at radius 3 is 2.33 bits per heavy atom. The fourth-order valence-corrected chi connectivity index (χ4v) is 5.92. The molecule has 1 saturated heterocycles. The Morgan fingerprint density at radius 1 is 0.939 bits per heavy atom. The molecule has 0 N–H and O–H groups in total. The van der Waals surface area contributed by atoms with Gasteiger partial charge in [-0.25, -0.2) is 0 Å². The summed E-state index contributed by atoms with van der Waals surface area (Å²) in [6.45, 7) is 10.8. The van der Waals surface area contributed by atoms with E-state index in [2.05, 4.69) is 67.4 Å². The Hall–Kier alpha value is -2.18. The number of fused-ring (bicyclic) bond motifs is 1. The SMILES string of the molecule is CC(C)(C)CC(=O)N1CCCN(C(=O)CCN2CCc3sccc3C2c2ccccc2)CC1. The number of nitrogens with zero attached hydrogens (tertiary/aromatic N) is 3. The van der Waals surface area contributed by atoms with Crippen molar-refractivity contribution in [1.29, 1.82) is 0 Å². The highest BCUT2D eigenvalue weighted by molar-refractivity contribution is 7.10. The van der Waals surface area contributed by atoms with Crippen LogP contribution >= 0.6 is 11.3 Å². The summed E-state index contributed by atoms with van der Waals surface area (Å²) in [4.78, 5) is 33.6. The number of benzene rings is 1. The van der Waals surface area contributed by atoms with E-state index in [1.807, 2.05) is 21.1 Å². The molecule has 2 aliphatic heterocycles. The van der Waals surface area contributed by atoms with Crippen molar-refractivity contribution in [1.82, 2.24) is 14.7 Å². The Labute approximate surface area is 202 Å². The lowest BCUT2D eigenvalue weighted by Gasteiger charge is -2.36. The third-order valence-electron chi connectivity index (χ3n) is 6.68. The molecule has 3 heterocycles. The van der Waals surface area contributed by atoms with Gasteiger partial charge in [0.1, 0.15) is 0 Å². The molecule has 1 fully saturated rings. The van der Waals surface area contributed by atoms with Gasteiger partial charge in [0.25, 0.3) is 0 Å². The Balaban J connectivity index is 1.36. The molecule has 5 nitrogen and oxygen atoms in total. The van der Waals surface area contributed by atoms with Crippen molar-refractivity contribution >= 4 is 23.2 Å². The zero-order valence-corrected chi connectivity index (χ0v) is 21.1. The molecule has 4 rings (SSSR count). The molecular weight excluding hydrogens is 430 g/mol. The monoisotopic (exact) mass is 467 g/mol. The molecule has 2 aliphatic rings. The highest BCUT2D eigenvalue weighted by atomic mass is 32.1. The highest BCUT2D eigenvalue weighted by Gasteiger charge is 2.30. The van der Waals surface area contributed by atoms with E-state index in [0.29, 0.717) is 25.9 Å². The molecular formula is C27H37N3O2S. The molecule has 1 aromatic heterocycles. The summed E-state index contributed by atoms with van der Waals surface area (Å²) in [5.74, 6) is 0.422. The molecule has 0 saturated carbocycles. The maximum absolute atomic E-state index is 13.1. The number of rotatable bonds is 5. The van der Waals surface area contributed by atoms with Gasteiger partial charge in [0.15, 0.2) is 0 Å². The summed E-state index contributed by atoms with van der Waals surface area (Å²) in [5, 5.41) is 2.19. The summed E-state index contributed by atoms with van der Waals surface area (Å²) >= 11 is 1.85. The molecule has 178 valence electrons. The van der Waals surface area contributed by atoms with Gasteiger partial charge < -0.3 is 9.80 Å². The number of carbonyl (C=O) groups is 2. The van der Waals surface area contributed by atoms with Crippen molar-refractivity contribution < 1.29 is 9.59 Å². The van der Waals surface area contributed by atoms with Gasteiger partial charge in [0, 0.05) is 57.0 Å². The van der Waals surface area contributed by atoms with Crippen molar-refractivity contribution in [3.8, 4) is 0 Å². The lowest BCUT2D eigenvalue weighted by Crippen LogP contribution is -2.41. The van der Waals surface area contributed by atoms with E-state index in [9.17, 15) is 9.59 Å². The van der Waals surface area contributed by atoms with Crippen LogP contribution in [0.1, 0.15) is 62.1 Å². The Bertz CT molecular complexity index is 950. The fraction of sp³-hybridized carbons (Fsp3) is 0.556. The minimum absolute atomic E-state index is 0.00898. The molecule has 33 heavy (non-hydrogen) atoms. The summed E-state index contributed by atoms with van der Waals surface area (Å²) in [7, 11) is 0. The average molecular weight is 468 g/mol. The molecule has 1 aromatic carbocycles. The zero-order valence-electron chi connectivity index (χ0n) is 20.3. The molecule has 0 spiro atoms. The normalized spacial score (nSPS) is 19.8. The number of thiophene rings is 1. The molecule has 6 heteroatoms. The van der Waals surface area contributed by atoms with Crippen LogP contribution in [-0.2, 0) is 16.0 Å². The van der Waals surface area contributed by atoms with Gasteiger partial charge in [-0.1, -0.05) is 51.1 Å². The van der Waals surface area contributed by atoms with Crippen molar-refractivity contribution in [2.45, 2.75) is 52.5 Å². The van der Waals surface area contributed by atoms with Crippen LogP contribution in [0.3, 0.4) is 0 Å². The maximum atomic E-state index is 13.1. The lowest BCUT2D eigenvalue weighted by molar-refractivity contribution is -0.134. The van der Waals surface area contributed by atoms with E-state index >= 15 is 0 Å². The third kappa shape index (κ3) is 6.04. The van der Waals surface area contributed by atoms with Crippen LogP contribution in [0.4, 0.5) is 0 Å². The summed E-state index contributed by atoms with van der Waals surface area (Å²) < 4.78 is 0. The van der Waals surface area contributed by atoms with Crippen LogP contribution in [-0.4, -0.2) is 65.8 Å². The van der Waals surface area contributed by atoms with E-state index in [0.717, 1.165) is 39.0 Å². The lowest BCUT2D eigenvalue weighted by atomic mass is 9.91. The van der Waals surface area contributed by atoms with Crippen LogP contribution in [0.25, 0.3) is 0 Å². The van der Waals surface area contributed by atoms with Crippen LogP contribution in [0.5, 0.6) is 0 Å². The number of carbonyl (C=O) groups excluding carboxylic acids is 2. The standard InChI is InChI=1S/C27H37N3O2S/c1-27(2,3)20-25(32)29-14-7-13-28(17-18-29)24(31)11-16-30-15-10-23-22(12-19-33-23)26(30)21-8-5-4-6-9-21/h4-6,8-9,12,19,26H,7,10-11,13-18,20H2,1-3H3. The van der Waals surface area contributed by atoms with Crippen LogP contribution in [0.2, 0.25) is 0 Å². The van der Waals surface area contributed by atoms with Crippen molar-refractivity contribution in [2.75, 3.05) is 39.3 Å². The average Bonchev–Trinajstić information content (AvgIpc) is 3.11. The molecule has 2 amide bonds. The first-order valence-electron chi connectivity index (χ1n) is 12.2. The first kappa shape index (κ1) is 24.0. The Morgan fingerprint density at radius 2 is 1.64 bits per heavy atom. The number of amides is 2. The van der Waals surface area contributed by atoms with Gasteiger partial charge in [0.05, 0.1) is 6.04 Å². The van der Waals surface area contributed by atoms with Crippen LogP contribution < -0.4 is 0 Å². The maximum Gasteiger partial charge on any atom is 0.223 e. The quantitative estimate of drug-likeness (QED) is 0.646. The van der Waals surface area contributed by atoms with Gasteiger partial charge in [-0.05, 0) is 40.8 Å². The van der Waals surface area contributed by atoms with Gasteiger partial charge in [-0.2, -0.15) is 0 Å². The molecule has 1 unspecified atom stereocenters. The topological polar surface area (TPSA) is 43.9 Å². The first-order valence-corrected chi connectivity index (χ1v) is 13.1. The zero-order chi connectivity index (χ0) is 23.4. The van der Waals surface area contributed by atoms with E-state index in [-0.39, 0.29) is 23.3 Å². The first-order chi connectivity index (χ1) is 15.8. The minimum Gasteiger partial charge on any atom is -0.341 e. The summed E-state index contributed by atoms with van der Waals surface area (Å²) in [5.41, 5.74) is 2.69. The molecule has 0 aliphatic carbocycles. The number of hydrogen-bond donors (Lipinski definition) is 0. The van der Waals surface area contributed by atoms with Gasteiger partial charge in [-0.15, -0.1) is 11.3 Å². The van der Waals surface area contributed by atoms with Gasteiger partial charge >= 0.3 is 0 Å². The van der Waals surface area contributed by atoms with Gasteiger partial charge in [-0.3, -0.25) is 14.5 Å². The predicted octanol–water partition coefficient (Wildman–Crippen LogP) is 4.58. The minimum atomic E-state index is -0.00898. The smallest absolute Gasteiger partial charge is 0.223 e. The fourth-order valence-electron chi connectivity index (χ4n) is 5.01. The number of hydrogen-bond acceptors (Lipinski definition) is 4. The predicted molar refractivity (Wildman–Crippen MR) is 134 cm³/mol. The van der Waals surface area contributed by atoms with Crippen molar-refractivity contribution in [2.24, 2.45) is 5.41 Å². The largest absolute Gasteiger partial charge is 0.341 e. The van der Waals surface area contributed by atoms with E-state index in [1.165, 1.54) is 16.0 Å². The summed E-state index contributed by atoms with van der Waals surface area (Å²) in [6.07, 6.45) is 3.00.